The average molecular weight is 853 g/mol. The number of fused-ring (bicyclic) bond motifs is 1. The number of nitriles is 2. The molecule has 0 spiro atoms. The zero-order valence-corrected chi connectivity index (χ0v) is 35.0. The first-order valence-electron chi connectivity index (χ1n) is 20.2. The first-order chi connectivity index (χ1) is 28.0. The van der Waals surface area contributed by atoms with E-state index in [-0.39, 0.29) is 35.3 Å². The molecule has 58 heavy (non-hydrogen) atoms. The Hall–Kier alpha value is -3.41. The van der Waals surface area contributed by atoms with E-state index in [0.29, 0.717) is 17.7 Å². The molecule has 15 nitrogen and oxygen atoms in total. The van der Waals surface area contributed by atoms with Gasteiger partial charge in [0.2, 0.25) is 0 Å². The molecule has 322 valence electrons. The van der Waals surface area contributed by atoms with Gasteiger partial charge in [0.05, 0.1) is 42.7 Å². The van der Waals surface area contributed by atoms with Gasteiger partial charge < -0.3 is 35.1 Å². The number of phosphoric ester groups is 1. The Morgan fingerprint density at radius 2 is 1.52 bits per heavy atom. The van der Waals surface area contributed by atoms with Gasteiger partial charge in [0.25, 0.3) is 6.26 Å². The molecule has 0 saturated heterocycles. The summed E-state index contributed by atoms with van der Waals surface area (Å²) in [7, 11) is -4.88. The van der Waals surface area contributed by atoms with Crippen LogP contribution in [0.15, 0.2) is 30.6 Å². The van der Waals surface area contributed by atoms with Crippen LogP contribution in [0.5, 0.6) is 0 Å². The van der Waals surface area contributed by atoms with Gasteiger partial charge in [-0.3, -0.25) is 9.05 Å². The number of halogens is 2. The van der Waals surface area contributed by atoms with Crippen molar-refractivity contribution in [3.8, 4) is 12.3 Å². The first kappa shape index (κ1) is 49.0. The summed E-state index contributed by atoms with van der Waals surface area (Å²) in [6, 6.07) is 7.26. The molecule has 0 aliphatic heterocycles. The lowest BCUT2D eigenvalue weighted by molar-refractivity contribution is -0.0821. The second-order valence-electron chi connectivity index (χ2n) is 14.3. The van der Waals surface area contributed by atoms with E-state index < -0.39 is 51.3 Å². The maximum atomic E-state index is 14.3. The molecule has 0 amide bonds. The number of benzene rings is 1. The lowest BCUT2D eigenvalue weighted by Crippen LogP contribution is -2.37. The summed E-state index contributed by atoms with van der Waals surface area (Å²) >= 11 is 5.86. The Morgan fingerprint density at radius 1 is 0.914 bits per heavy atom. The number of nitrogen functional groups attached to an aromatic ring is 1. The normalized spacial score (nSPS) is 14.7. The van der Waals surface area contributed by atoms with Crippen molar-refractivity contribution in [1.29, 1.82) is 10.5 Å². The highest BCUT2D eigenvalue weighted by atomic mass is 35.5. The molecule has 5 N–H and O–H groups in total. The zero-order valence-electron chi connectivity index (χ0n) is 33.4. The van der Waals surface area contributed by atoms with Crippen molar-refractivity contribution >= 4 is 30.8 Å². The highest BCUT2D eigenvalue weighted by Crippen LogP contribution is 2.44. The monoisotopic (exact) mass is 852 g/mol. The van der Waals surface area contributed by atoms with E-state index in [0.717, 1.165) is 38.1 Å². The van der Waals surface area contributed by atoms with Gasteiger partial charge in [-0.05, 0) is 36.2 Å². The van der Waals surface area contributed by atoms with Crippen molar-refractivity contribution in [3.63, 3.8) is 0 Å². The van der Waals surface area contributed by atoms with Crippen molar-refractivity contribution in [2.24, 2.45) is 0 Å². The smallest absolute Gasteiger partial charge is 0.419 e. The largest absolute Gasteiger partial charge is 0.472 e. The average Bonchev–Trinajstić information content (AvgIpc) is 3.66. The molecule has 0 fully saturated rings. The quantitative estimate of drug-likeness (QED) is 0.0264. The number of hydrogen-bond donors (Lipinski definition) is 4. The summed E-state index contributed by atoms with van der Waals surface area (Å²) in [4.78, 5) is 14.4. The van der Waals surface area contributed by atoms with E-state index >= 15 is 0 Å². The van der Waals surface area contributed by atoms with Crippen LogP contribution in [0.1, 0.15) is 133 Å². The van der Waals surface area contributed by atoms with E-state index in [1.807, 2.05) is 6.07 Å². The van der Waals surface area contributed by atoms with Crippen molar-refractivity contribution < 1.29 is 47.3 Å². The summed E-state index contributed by atoms with van der Waals surface area (Å²) in [6.45, 7) is 1.04. The molecular weight excluding hydrogens is 794 g/mol. The Kier molecular flexibility index (Phi) is 23.1. The van der Waals surface area contributed by atoms with Gasteiger partial charge in [0.15, 0.2) is 11.9 Å². The topological polar surface area (TPSA) is 228 Å². The Morgan fingerprint density at radius 3 is 2.12 bits per heavy atom. The number of aromatic nitrogens is 3. The molecule has 1 aromatic carbocycles. The number of unbranched alkanes of at least 4 members (excludes halogenated alkanes) is 15. The molecule has 0 bridgehead atoms. The van der Waals surface area contributed by atoms with Crippen LogP contribution in [0.2, 0.25) is 5.02 Å². The Balaban J connectivity index is 1.44. The number of nitrogens with two attached hydrogens (primary N) is 1. The van der Waals surface area contributed by atoms with Crippen LogP contribution in [0, 0.1) is 28.7 Å². The molecule has 2 aromatic heterocycles. The van der Waals surface area contributed by atoms with Crippen LogP contribution >= 0.6 is 19.4 Å². The standard InChI is InChI=1S/C40H59ClFN6O9P/c1-2-3-4-5-6-7-8-9-10-11-12-13-14-15-16-17-20-53-25-32(54-24-30-21-31(23-43)37(41)33(42)22-30)26-56-58(51,52)57-27-36(55-28-44)39(50)38(49)34-18-19-35-40(45)46-29-47-48(34)35/h18-19,21-22,29,32,36,38-39,49-50H,2-17,20,24-27H2,1H3,(H,51,52)(H2,45,46,47)/t32-,36-,38+,39-/m1/s1. The van der Waals surface area contributed by atoms with Crippen molar-refractivity contribution in [2.45, 2.75) is 141 Å². The minimum absolute atomic E-state index is 0.0513. The molecule has 0 aliphatic rings. The number of anilines is 1. The van der Waals surface area contributed by atoms with E-state index in [9.17, 15) is 34.6 Å². The summed E-state index contributed by atoms with van der Waals surface area (Å²) in [5, 5.41) is 43.9. The summed E-state index contributed by atoms with van der Waals surface area (Å²) in [5.74, 6) is -0.682. The third kappa shape index (κ3) is 17.4. The number of rotatable bonds is 32. The molecule has 1 unspecified atom stereocenters. The highest BCUT2D eigenvalue weighted by molar-refractivity contribution is 7.47. The number of nitrogens with zero attached hydrogens (tertiary/aromatic N) is 5. The number of aliphatic hydroxyl groups is 2. The van der Waals surface area contributed by atoms with E-state index in [1.54, 1.807) is 0 Å². The highest BCUT2D eigenvalue weighted by Gasteiger charge is 2.35. The van der Waals surface area contributed by atoms with Crippen LogP contribution in [0.3, 0.4) is 0 Å². The molecule has 0 radical (unpaired) electrons. The molecule has 5 atom stereocenters. The van der Waals surface area contributed by atoms with Crippen molar-refractivity contribution in [2.75, 3.05) is 32.2 Å². The van der Waals surface area contributed by atoms with Gasteiger partial charge >= 0.3 is 7.82 Å². The number of ether oxygens (including phenoxy) is 3. The van der Waals surface area contributed by atoms with Gasteiger partial charge in [-0.25, -0.2) is 18.5 Å². The third-order valence-corrected chi connectivity index (χ3v) is 11.0. The predicted molar refractivity (Wildman–Crippen MR) is 216 cm³/mol. The van der Waals surface area contributed by atoms with E-state index in [2.05, 4.69) is 17.0 Å². The number of aliphatic hydroxyl groups excluding tert-OH is 2. The fourth-order valence-corrected chi connectivity index (χ4v) is 7.28. The van der Waals surface area contributed by atoms with Crippen LogP contribution in [0.25, 0.3) is 5.52 Å². The third-order valence-electron chi connectivity index (χ3n) is 9.69. The summed E-state index contributed by atoms with van der Waals surface area (Å²) in [6.07, 6.45) is 16.3. The van der Waals surface area contributed by atoms with Crippen molar-refractivity contribution in [1.82, 2.24) is 14.6 Å². The molecular formula is C40H59ClFN6O9P. The predicted octanol–water partition coefficient (Wildman–Crippen LogP) is 8.23. The van der Waals surface area contributed by atoms with Crippen molar-refractivity contribution in [3.05, 3.63) is 58.3 Å². The fraction of sp³-hybridized carbons (Fsp3) is 0.650. The molecule has 18 heteroatoms. The van der Waals surface area contributed by atoms with E-state index in [1.165, 1.54) is 106 Å². The maximum Gasteiger partial charge on any atom is 0.472 e. The molecule has 3 aromatic rings. The first-order valence-corrected chi connectivity index (χ1v) is 22.1. The van der Waals surface area contributed by atoms with Gasteiger partial charge in [0, 0.05) is 6.61 Å². The summed E-state index contributed by atoms with van der Waals surface area (Å²) in [5.41, 5.74) is 6.48. The van der Waals surface area contributed by atoms with Crippen LogP contribution in [-0.4, -0.2) is 74.4 Å². The summed E-state index contributed by atoms with van der Waals surface area (Å²) < 4.78 is 55.3. The molecule has 0 saturated carbocycles. The minimum Gasteiger partial charge on any atom is -0.419 e. The SMILES string of the molecule is CCCCCCCCCCCCCCCCCCOC[C@H](COP(=O)(O)OC[C@@H](OC#N)[C@@H](O)[C@@H](O)c1ccc2c(N)ncnn12)OCc1cc(F)c(Cl)c(C#N)c1. The van der Waals surface area contributed by atoms with Crippen LogP contribution in [-0.2, 0) is 34.4 Å². The second-order valence-corrected chi connectivity index (χ2v) is 16.1. The van der Waals surface area contributed by atoms with Crippen LogP contribution in [0.4, 0.5) is 10.2 Å². The Labute approximate surface area is 345 Å². The van der Waals surface area contributed by atoms with Gasteiger partial charge in [-0.1, -0.05) is 115 Å². The lowest BCUT2D eigenvalue weighted by atomic mass is 10.0. The van der Waals surface area contributed by atoms with Gasteiger partial charge in [0.1, 0.15) is 42.0 Å². The second kappa shape index (κ2) is 27.4. The minimum atomic E-state index is -4.88. The number of phosphoric acid groups is 1. The number of hydrogen-bond acceptors (Lipinski definition) is 13. The molecule has 2 heterocycles. The van der Waals surface area contributed by atoms with Gasteiger partial charge in [-0.15, -0.1) is 0 Å². The van der Waals surface area contributed by atoms with Gasteiger partial charge in [-0.2, -0.15) is 15.6 Å². The zero-order chi connectivity index (χ0) is 42.2. The lowest BCUT2D eigenvalue weighted by Gasteiger charge is -2.25. The fourth-order valence-electron chi connectivity index (χ4n) is 6.36. The van der Waals surface area contributed by atoms with E-state index in [4.69, 9.17) is 40.6 Å². The Bertz CT molecular complexity index is 1780. The maximum absolute atomic E-state index is 14.3. The molecule has 0 aliphatic carbocycles. The molecule has 3 rings (SSSR count). The van der Waals surface area contributed by atoms with Crippen LogP contribution < -0.4 is 5.73 Å².